The summed E-state index contributed by atoms with van der Waals surface area (Å²) in [5.74, 6) is 0.639. The number of esters is 1. The molecule has 7 aliphatic rings. The summed E-state index contributed by atoms with van der Waals surface area (Å²) in [6.07, 6.45) is 11.1. The molecule has 4 aromatic rings. The molecule has 3 heterocycles. The van der Waals surface area contributed by atoms with Gasteiger partial charge < -0.3 is 30.5 Å². The molecular formula is C57H70Br3N5O10. The highest BCUT2D eigenvalue weighted by atomic mass is 79.9. The predicted octanol–water partition coefficient (Wildman–Crippen LogP) is 13.3. The van der Waals surface area contributed by atoms with E-state index in [1.807, 2.05) is 49.9 Å². The Morgan fingerprint density at radius 1 is 0.653 bits per heavy atom. The van der Waals surface area contributed by atoms with Crippen molar-refractivity contribution < 1.29 is 48.1 Å². The number of ether oxygens (including phenoxy) is 3. The standard InChI is InChI=1S/C22H26BrN3O2.C22H26BrNO5.C11H11BrO.C2H4O2.H3N/c1-22(2,3)28-21(27)26-17-10-13(17)11-18(26)20-24-16-6-4-5-12-9-14(23)7-8-15(12)19(16)25-20;1-22(2,3)29-21(27)24-16-10-13(16)11-17(24)20(26)28-18-6-4-5-12-9-14(23)7-8-15(12)19(18)25;12-9-5-6-10-8(7-9)3-1-2-4-11(10)13;1-2(3)4;/h7-9,13,17-18H,4-6,10-11H2,1-3H3,(H,24,25);7-9,13,16-18H,4-6,10-11H2,1-3H3;5-7H,1-4H2;1H3,(H,3,4);1H3/t13-,17-,18+;13-,16-,17+,18?;;;/m11.../s1. The van der Waals surface area contributed by atoms with Crippen molar-refractivity contribution in [3.05, 3.63) is 107 Å². The van der Waals surface area contributed by atoms with Crippen molar-refractivity contribution >= 4 is 83.5 Å². The van der Waals surface area contributed by atoms with Crippen LogP contribution >= 0.6 is 47.8 Å². The number of aryl methyl sites for hydroxylation is 4. The van der Waals surface area contributed by atoms with Crippen LogP contribution in [0.25, 0.3) is 11.3 Å². The number of nitrogens with zero attached hydrogens (tertiary/aromatic N) is 3. The zero-order valence-corrected chi connectivity index (χ0v) is 48.7. The van der Waals surface area contributed by atoms with Crippen molar-refractivity contribution in [2.75, 3.05) is 0 Å². The minimum atomic E-state index is -0.833. The molecule has 5 aliphatic carbocycles. The van der Waals surface area contributed by atoms with Crippen molar-refractivity contribution in [2.45, 2.75) is 180 Å². The molecule has 5 N–H and O–H groups in total. The van der Waals surface area contributed by atoms with Gasteiger partial charge in [-0.25, -0.2) is 19.4 Å². The van der Waals surface area contributed by atoms with Gasteiger partial charge in [0, 0.05) is 61.2 Å². The van der Waals surface area contributed by atoms with Crippen LogP contribution in [-0.4, -0.2) is 96.0 Å². The average Bonchev–Trinajstić information content (AvgIpc) is 4.17. The Hall–Kier alpha value is -4.91. The third kappa shape index (κ3) is 14.4. The van der Waals surface area contributed by atoms with E-state index < -0.39 is 41.4 Å². The molecule has 11 rings (SSSR count). The molecule has 4 fully saturated rings. The van der Waals surface area contributed by atoms with Crippen LogP contribution < -0.4 is 6.15 Å². The van der Waals surface area contributed by atoms with E-state index in [-0.39, 0.29) is 30.1 Å². The van der Waals surface area contributed by atoms with Gasteiger partial charge in [0.05, 0.1) is 11.7 Å². The van der Waals surface area contributed by atoms with Crippen molar-refractivity contribution in [2.24, 2.45) is 11.8 Å². The zero-order valence-electron chi connectivity index (χ0n) is 43.9. The number of likely N-dealkylation sites (tertiary alicyclic amines) is 2. The van der Waals surface area contributed by atoms with Gasteiger partial charge in [0.15, 0.2) is 11.9 Å². The number of aromatic amines is 1. The number of fused-ring (bicyclic) bond motifs is 7. The third-order valence-electron chi connectivity index (χ3n) is 14.3. The molecule has 18 heteroatoms. The number of carboxylic acid groups (broad SMARTS) is 1. The summed E-state index contributed by atoms with van der Waals surface area (Å²) in [6.45, 7) is 12.3. The Labute approximate surface area is 465 Å². The quantitative estimate of drug-likeness (QED) is 0.0991. The molecular weight excluding hydrogens is 1150 g/mol. The number of piperidine rings is 2. The normalized spacial score (nSPS) is 23.7. The monoisotopic (exact) mass is 1220 g/mol. The zero-order chi connectivity index (χ0) is 53.4. The number of amides is 2. The predicted molar refractivity (Wildman–Crippen MR) is 295 cm³/mol. The smallest absolute Gasteiger partial charge is 0.411 e. The van der Waals surface area contributed by atoms with Gasteiger partial charge in [-0.2, -0.15) is 0 Å². The van der Waals surface area contributed by atoms with E-state index in [9.17, 15) is 24.0 Å². The number of benzene rings is 3. The Morgan fingerprint density at radius 3 is 1.76 bits per heavy atom. The maximum Gasteiger partial charge on any atom is 0.411 e. The van der Waals surface area contributed by atoms with Crippen LogP contribution in [0.2, 0.25) is 0 Å². The van der Waals surface area contributed by atoms with Crippen LogP contribution in [-0.2, 0) is 49.5 Å². The Balaban J connectivity index is 0.000000167. The second kappa shape index (κ2) is 23.8. The molecule has 0 radical (unpaired) electrons. The van der Waals surface area contributed by atoms with Crippen molar-refractivity contribution in [1.82, 2.24) is 25.9 Å². The van der Waals surface area contributed by atoms with E-state index in [2.05, 4.69) is 77.0 Å². The lowest BCUT2D eigenvalue weighted by Crippen LogP contribution is -2.47. The number of hydrogen-bond donors (Lipinski definition) is 3. The fraction of sp³-hybridized carbons (Fsp3) is 0.526. The highest BCUT2D eigenvalue weighted by molar-refractivity contribution is 9.11. The number of aliphatic carboxylic acids is 1. The SMILES string of the molecule is CC(=O)O.CC(C)(C)OC(=O)N1[C@@H]2C[C@@H]2C[C@H]1C(=O)OC1CCCc2cc(Br)ccc2C1=O.CC(C)(C)OC(=O)N1[C@@H]2C[C@@H]2C[C@H]1c1nc2c([nH]1)CCCc1cc(Br)ccc1-2.N.O=C1CCCCc2cc(Br)ccc21. The highest BCUT2D eigenvalue weighted by Gasteiger charge is 2.58. The Kier molecular flexibility index (Phi) is 18.3. The first kappa shape index (κ1) is 57.8. The van der Waals surface area contributed by atoms with E-state index >= 15 is 0 Å². The number of halogens is 3. The maximum atomic E-state index is 13.0. The number of carboxylic acids is 1. The van der Waals surface area contributed by atoms with E-state index in [0.29, 0.717) is 48.5 Å². The molecule has 0 spiro atoms. The minimum absolute atomic E-state index is 0. The van der Waals surface area contributed by atoms with Crippen molar-refractivity contribution in [3.63, 3.8) is 0 Å². The summed E-state index contributed by atoms with van der Waals surface area (Å²) < 4.78 is 20.0. The van der Waals surface area contributed by atoms with Crippen LogP contribution in [0.4, 0.5) is 9.59 Å². The van der Waals surface area contributed by atoms with Gasteiger partial charge in [-0.05, 0) is 196 Å². The lowest BCUT2D eigenvalue weighted by molar-refractivity contribution is -0.153. The summed E-state index contributed by atoms with van der Waals surface area (Å²) in [5, 5.41) is 7.42. The van der Waals surface area contributed by atoms with Crippen LogP contribution in [0, 0.1) is 11.8 Å². The van der Waals surface area contributed by atoms with Crippen molar-refractivity contribution in [1.29, 1.82) is 0 Å². The van der Waals surface area contributed by atoms with Crippen LogP contribution in [0.15, 0.2) is 68.0 Å². The lowest BCUT2D eigenvalue weighted by atomic mass is 10.0. The second-order valence-electron chi connectivity index (χ2n) is 22.4. The second-order valence-corrected chi connectivity index (χ2v) is 25.2. The fourth-order valence-corrected chi connectivity index (χ4v) is 12.1. The van der Waals surface area contributed by atoms with Gasteiger partial charge >= 0.3 is 18.2 Å². The first-order chi connectivity index (χ1) is 34.9. The van der Waals surface area contributed by atoms with Gasteiger partial charge in [0.25, 0.3) is 5.97 Å². The molecule has 0 bridgehead atoms. The number of rotatable bonds is 3. The first-order valence-corrected chi connectivity index (χ1v) is 28.3. The maximum absolute atomic E-state index is 13.0. The molecule has 404 valence electrons. The van der Waals surface area contributed by atoms with E-state index in [4.69, 9.17) is 29.1 Å². The van der Waals surface area contributed by atoms with E-state index in [1.165, 1.54) is 27.3 Å². The molecule has 2 saturated carbocycles. The van der Waals surface area contributed by atoms with Gasteiger partial charge in [-0.1, -0.05) is 59.9 Å². The Morgan fingerprint density at radius 2 is 1.15 bits per heavy atom. The molecule has 3 aromatic carbocycles. The molecule has 2 amide bonds. The van der Waals surface area contributed by atoms with Gasteiger partial charge in [0.1, 0.15) is 23.1 Å². The van der Waals surface area contributed by atoms with E-state index in [0.717, 1.165) is 114 Å². The molecule has 2 aliphatic heterocycles. The number of imidazole rings is 1. The number of carbonyl (C=O) groups excluding carboxylic acids is 5. The molecule has 7 atom stereocenters. The fourth-order valence-electron chi connectivity index (χ4n) is 10.9. The number of ketones is 2. The topological polar surface area (TPSA) is 221 Å². The lowest BCUT2D eigenvalue weighted by Gasteiger charge is -2.30. The molecule has 1 unspecified atom stereocenters. The van der Waals surface area contributed by atoms with Crippen molar-refractivity contribution in [3.8, 4) is 11.3 Å². The largest absolute Gasteiger partial charge is 0.481 e. The molecule has 1 aromatic heterocycles. The van der Waals surface area contributed by atoms with Crippen LogP contribution in [0.3, 0.4) is 0 Å². The average molecular weight is 1220 g/mol. The summed E-state index contributed by atoms with van der Waals surface area (Å²) in [5.41, 5.74) is 7.41. The van der Waals surface area contributed by atoms with Gasteiger partial charge in [-0.15, -0.1) is 0 Å². The summed E-state index contributed by atoms with van der Waals surface area (Å²) in [7, 11) is 0. The Bertz CT molecular complexity index is 2820. The molecule has 2 saturated heterocycles. The van der Waals surface area contributed by atoms with Gasteiger partial charge in [-0.3, -0.25) is 24.2 Å². The summed E-state index contributed by atoms with van der Waals surface area (Å²) in [4.78, 5) is 84.1. The minimum Gasteiger partial charge on any atom is -0.481 e. The number of nitrogens with one attached hydrogen (secondary N) is 1. The highest BCUT2D eigenvalue weighted by Crippen LogP contribution is 2.54. The van der Waals surface area contributed by atoms with Crippen LogP contribution in [0.1, 0.15) is 168 Å². The summed E-state index contributed by atoms with van der Waals surface area (Å²) in [6, 6.07) is 17.6. The van der Waals surface area contributed by atoms with Crippen LogP contribution in [0.5, 0.6) is 0 Å². The molecule has 15 nitrogen and oxygen atoms in total. The number of carbonyl (C=O) groups is 6. The third-order valence-corrected chi connectivity index (χ3v) is 15.7. The summed E-state index contributed by atoms with van der Waals surface area (Å²) >= 11 is 10.5. The first-order valence-electron chi connectivity index (χ1n) is 25.9. The number of hydrogen-bond acceptors (Lipinski definition) is 11. The number of H-pyrrole nitrogens is 1. The number of aromatic nitrogens is 2. The van der Waals surface area contributed by atoms with Gasteiger partial charge in [0.2, 0.25) is 5.78 Å². The molecule has 75 heavy (non-hydrogen) atoms. The van der Waals surface area contributed by atoms with E-state index in [1.54, 1.807) is 26.8 Å². The number of Topliss-reactive ketones (excluding diaryl/α,β-unsaturated/α-hetero) is 2.